The van der Waals surface area contributed by atoms with Crippen LogP contribution in [0.3, 0.4) is 0 Å². The Labute approximate surface area is 155 Å². The lowest BCUT2D eigenvalue weighted by Crippen LogP contribution is -2.33. The molecule has 3 rings (SSSR count). The predicted molar refractivity (Wildman–Crippen MR) is 102 cm³/mol. The molecule has 0 aromatic heterocycles. The van der Waals surface area contributed by atoms with Crippen molar-refractivity contribution in [3.8, 4) is 5.75 Å². The zero-order valence-electron chi connectivity index (χ0n) is 14.4. The maximum absolute atomic E-state index is 12.7. The van der Waals surface area contributed by atoms with Crippen LogP contribution in [0.15, 0.2) is 42.5 Å². The number of hydrogen-bond donors (Lipinski definition) is 2. The van der Waals surface area contributed by atoms with Crippen LogP contribution in [0.2, 0.25) is 0 Å². The Morgan fingerprint density at radius 3 is 2.65 bits per heavy atom. The highest BCUT2D eigenvalue weighted by Crippen LogP contribution is 2.35. The van der Waals surface area contributed by atoms with E-state index in [4.69, 9.17) is 0 Å². The van der Waals surface area contributed by atoms with E-state index in [1.165, 1.54) is 6.07 Å². The van der Waals surface area contributed by atoms with Crippen molar-refractivity contribution in [1.82, 2.24) is 0 Å². The normalized spacial score (nSPS) is 16.8. The largest absolute Gasteiger partial charge is 0.506 e. The van der Waals surface area contributed by atoms with E-state index in [1.54, 1.807) is 24.3 Å². The van der Waals surface area contributed by atoms with E-state index in [2.05, 4.69) is 5.32 Å². The lowest BCUT2D eigenvalue weighted by Gasteiger charge is -2.17. The van der Waals surface area contributed by atoms with Crippen LogP contribution < -0.4 is 10.2 Å². The number of thioether (sulfide) groups is 1. The van der Waals surface area contributed by atoms with Gasteiger partial charge in [0, 0.05) is 6.42 Å². The molecule has 1 heterocycles. The minimum absolute atomic E-state index is 0.0562. The number of phenolic OH excluding ortho intramolecular Hbond substituents is 1. The van der Waals surface area contributed by atoms with E-state index < -0.39 is 17.1 Å². The van der Waals surface area contributed by atoms with Crippen LogP contribution in [0.1, 0.15) is 17.5 Å². The van der Waals surface area contributed by atoms with Crippen molar-refractivity contribution in [3.63, 3.8) is 0 Å². The van der Waals surface area contributed by atoms with Crippen molar-refractivity contribution >= 4 is 40.2 Å². The summed E-state index contributed by atoms with van der Waals surface area (Å²) in [6.45, 7) is 3.72. The molecule has 1 aliphatic rings. The molecule has 6 nitrogen and oxygen atoms in total. The van der Waals surface area contributed by atoms with Crippen molar-refractivity contribution in [3.05, 3.63) is 53.6 Å². The van der Waals surface area contributed by atoms with Crippen molar-refractivity contribution < 1.29 is 19.5 Å². The second-order valence-electron chi connectivity index (χ2n) is 6.11. The summed E-state index contributed by atoms with van der Waals surface area (Å²) in [5.74, 6) is -0.895. The summed E-state index contributed by atoms with van der Waals surface area (Å²) in [7, 11) is 0. The number of carbonyl (C=O) groups is 3. The van der Waals surface area contributed by atoms with Gasteiger partial charge in [-0.05, 0) is 54.9 Å². The molecule has 2 N–H and O–H groups in total. The molecule has 0 spiro atoms. The van der Waals surface area contributed by atoms with E-state index in [1.807, 2.05) is 26.0 Å². The molecule has 0 radical (unpaired) electrons. The minimum atomic E-state index is -0.784. The number of rotatable bonds is 4. The van der Waals surface area contributed by atoms with E-state index in [-0.39, 0.29) is 23.1 Å². The smallest absolute Gasteiger partial charge is 0.293 e. The van der Waals surface area contributed by atoms with Crippen molar-refractivity contribution in [2.75, 3.05) is 10.2 Å². The highest BCUT2D eigenvalue weighted by molar-refractivity contribution is 8.15. The third-order valence-electron chi connectivity index (χ3n) is 4.08. The van der Waals surface area contributed by atoms with Gasteiger partial charge in [-0.25, -0.2) is 4.90 Å². The summed E-state index contributed by atoms with van der Waals surface area (Å²) in [5, 5.41) is 11.1. The van der Waals surface area contributed by atoms with Gasteiger partial charge in [-0.1, -0.05) is 24.3 Å². The zero-order chi connectivity index (χ0) is 18.8. The lowest BCUT2D eigenvalue weighted by atomic mass is 10.1. The molecule has 1 unspecified atom stereocenters. The van der Waals surface area contributed by atoms with Gasteiger partial charge in [0.25, 0.3) is 5.24 Å². The number of nitrogens with one attached hydrogen (secondary N) is 1. The van der Waals surface area contributed by atoms with Crippen LogP contribution in [0.5, 0.6) is 5.75 Å². The SMILES string of the molecule is Cc1ccc(C)c(N2C(=O)SC(CC(=O)Nc3ccccc3O)C2=O)c1. The first-order chi connectivity index (χ1) is 12.4. The Morgan fingerprint density at radius 1 is 1.19 bits per heavy atom. The first kappa shape index (κ1) is 18.0. The second kappa shape index (κ2) is 7.21. The van der Waals surface area contributed by atoms with Crippen LogP contribution in [-0.4, -0.2) is 27.4 Å². The summed E-state index contributed by atoms with van der Waals surface area (Å²) in [5.41, 5.74) is 2.58. The second-order valence-corrected chi connectivity index (χ2v) is 7.26. The van der Waals surface area contributed by atoms with Gasteiger partial charge in [0.2, 0.25) is 11.8 Å². The molecule has 1 aliphatic heterocycles. The van der Waals surface area contributed by atoms with E-state index >= 15 is 0 Å². The summed E-state index contributed by atoms with van der Waals surface area (Å²) >= 11 is 0.848. The van der Waals surface area contributed by atoms with Gasteiger partial charge >= 0.3 is 0 Å². The van der Waals surface area contributed by atoms with Gasteiger partial charge in [0.05, 0.1) is 11.4 Å². The number of carbonyl (C=O) groups excluding carboxylic acids is 3. The highest BCUT2D eigenvalue weighted by atomic mass is 32.2. The summed E-state index contributed by atoms with van der Waals surface area (Å²) in [4.78, 5) is 38.4. The van der Waals surface area contributed by atoms with Gasteiger partial charge < -0.3 is 10.4 Å². The number of aryl methyl sites for hydroxylation is 2. The average Bonchev–Trinajstić information content (AvgIpc) is 2.86. The molecule has 2 aromatic carbocycles. The highest BCUT2D eigenvalue weighted by Gasteiger charge is 2.42. The van der Waals surface area contributed by atoms with Gasteiger partial charge in [0.1, 0.15) is 11.0 Å². The molecule has 2 aromatic rings. The van der Waals surface area contributed by atoms with Crippen molar-refractivity contribution in [2.24, 2.45) is 0 Å². The Bertz CT molecular complexity index is 897. The van der Waals surface area contributed by atoms with Crippen molar-refractivity contribution in [1.29, 1.82) is 0 Å². The van der Waals surface area contributed by atoms with Crippen LogP contribution >= 0.6 is 11.8 Å². The molecule has 134 valence electrons. The lowest BCUT2D eigenvalue weighted by molar-refractivity contribution is -0.121. The van der Waals surface area contributed by atoms with Crippen LogP contribution in [-0.2, 0) is 9.59 Å². The third kappa shape index (κ3) is 3.57. The maximum atomic E-state index is 12.7. The summed E-state index contributed by atoms with van der Waals surface area (Å²) in [6.07, 6.45) is -0.148. The minimum Gasteiger partial charge on any atom is -0.506 e. The summed E-state index contributed by atoms with van der Waals surface area (Å²) in [6, 6.07) is 11.9. The fourth-order valence-corrected chi connectivity index (χ4v) is 3.69. The topological polar surface area (TPSA) is 86.7 Å². The standard InChI is InChI=1S/C19H18N2O4S/c1-11-7-8-12(2)14(9-11)21-18(24)16(26-19(21)25)10-17(23)20-13-5-3-4-6-15(13)22/h3-9,16,22H,10H2,1-2H3,(H,20,23). The fourth-order valence-electron chi connectivity index (χ4n) is 2.71. The number of aromatic hydroxyl groups is 1. The number of para-hydroxylation sites is 2. The molecular formula is C19H18N2O4S. The maximum Gasteiger partial charge on any atom is 0.293 e. The molecule has 0 aliphatic carbocycles. The molecule has 0 bridgehead atoms. The Kier molecular flexibility index (Phi) is 4.99. The van der Waals surface area contributed by atoms with Gasteiger partial charge in [-0.15, -0.1) is 0 Å². The Hall–Kier alpha value is -2.80. The monoisotopic (exact) mass is 370 g/mol. The molecule has 1 atom stereocenters. The Balaban J connectivity index is 1.74. The quantitative estimate of drug-likeness (QED) is 0.803. The van der Waals surface area contributed by atoms with Crippen LogP contribution in [0, 0.1) is 13.8 Å². The molecular weight excluding hydrogens is 352 g/mol. The molecule has 7 heteroatoms. The number of phenols is 1. The number of anilines is 2. The van der Waals surface area contributed by atoms with Crippen molar-refractivity contribution in [2.45, 2.75) is 25.5 Å². The van der Waals surface area contributed by atoms with Gasteiger partial charge in [-0.3, -0.25) is 14.4 Å². The van der Waals surface area contributed by atoms with Crippen LogP contribution in [0.4, 0.5) is 16.2 Å². The third-order valence-corrected chi connectivity index (χ3v) is 5.11. The average molecular weight is 370 g/mol. The molecule has 26 heavy (non-hydrogen) atoms. The number of hydrogen-bond acceptors (Lipinski definition) is 5. The number of benzene rings is 2. The zero-order valence-corrected chi connectivity index (χ0v) is 15.2. The Morgan fingerprint density at radius 2 is 1.92 bits per heavy atom. The molecule has 0 saturated carbocycles. The molecule has 1 saturated heterocycles. The number of nitrogens with zero attached hydrogens (tertiary/aromatic N) is 1. The predicted octanol–water partition coefficient (Wildman–Crippen LogP) is 3.61. The van der Waals surface area contributed by atoms with E-state index in [9.17, 15) is 19.5 Å². The summed E-state index contributed by atoms with van der Waals surface area (Å²) < 4.78 is 0. The van der Waals surface area contributed by atoms with Gasteiger partial charge in [0.15, 0.2) is 0 Å². The number of amides is 3. The first-order valence-electron chi connectivity index (χ1n) is 8.06. The molecule has 1 fully saturated rings. The van der Waals surface area contributed by atoms with E-state index in [0.717, 1.165) is 27.8 Å². The number of imide groups is 1. The van der Waals surface area contributed by atoms with Gasteiger partial charge in [-0.2, -0.15) is 0 Å². The first-order valence-corrected chi connectivity index (χ1v) is 8.94. The fraction of sp³-hybridized carbons (Fsp3) is 0.211. The van der Waals surface area contributed by atoms with Crippen LogP contribution in [0.25, 0.3) is 0 Å². The molecule has 3 amide bonds. The van der Waals surface area contributed by atoms with E-state index in [0.29, 0.717) is 5.69 Å².